The Bertz CT molecular complexity index is 1090. The van der Waals surface area contributed by atoms with Crippen LogP contribution in [0.3, 0.4) is 0 Å². The average Bonchev–Trinajstić information content (AvgIpc) is 3.63. The van der Waals surface area contributed by atoms with Gasteiger partial charge in [-0.25, -0.2) is 0 Å². The monoisotopic (exact) mass is 654 g/mol. The number of thiophene rings is 1. The Morgan fingerprint density at radius 1 is 1.11 bits per heavy atom. The summed E-state index contributed by atoms with van der Waals surface area (Å²) in [6, 6.07) is 14.7. The number of hydrogen-bond acceptors (Lipinski definition) is 6. The minimum Gasteiger partial charge on any atom is -0.471 e. The van der Waals surface area contributed by atoms with Crippen molar-refractivity contribution in [3.8, 4) is 0 Å². The molecule has 258 valence electrons. The van der Waals surface area contributed by atoms with E-state index in [0.29, 0.717) is 37.1 Å². The molecule has 46 heavy (non-hydrogen) atoms. The Hall–Kier alpha value is -2.84. The molecule has 1 saturated carbocycles. The SMILES string of the molecule is C=C(OC(c1ccccc1)C(C)C(C)CC)N1CCN(C(=O)CCC2CCCCC2)C(C)C1.CCCN.O=CNCc1cccs1. The van der Waals surface area contributed by atoms with Crippen molar-refractivity contribution in [1.29, 1.82) is 0 Å². The highest BCUT2D eigenvalue weighted by molar-refractivity contribution is 7.09. The number of benzene rings is 1. The van der Waals surface area contributed by atoms with Crippen LogP contribution in [0.25, 0.3) is 0 Å². The number of hydrogen-bond donors (Lipinski definition) is 2. The third kappa shape index (κ3) is 13.9. The fraction of sp³-hybridized carbons (Fsp3) is 0.632. The van der Waals surface area contributed by atoms with Gasteiger partial charge in [0.1, 0.15) is 6.10 Å². The van der Waals surface area contributed by atoms with Crippen molar-refractivity contribution in [3.05, 3.63) is 70.7 Å². The lowest BCUT2D eigenvalue weighted by atomic mass is 9.85. The van der Waals surface area contributed by atoms with Crippen molar-refractivity contribution < 1.29 is 14.3 Å². The molecule has 8 heteroatoms. The maximum atomic E-state index is 12.9. The van der Waals surface area contributed by atoms with Crippen LogP contribution in [0, 0.1) is 17.8 Å². The molecule has 2 amide bonds. The van der Waals surface area contributed by atoms with Crippen LogP contribution in [0.5, 0.6) is 0 Å². The van der Waals surface area contributed by atoms with Gasteiger partial charge in [0.25, 0.3) is 0 Å². The lowest BCUT2D eigenvalue weighted by Crippen LogP contribution is -2.53. The van der Waals surface area contributed by atoms with Gasteiger partial charge in [-0.2, -0.15) is 0 Å². The second kappa shape index (κ2) is 22.6. The molecule has 4 atom stereocenters. The highest BCUT2D eigenvalue weighted by Crippen LogP contribution is 2.35. The number of piperazine rings is 1. The van der Waals surface area contributed by atoms with Crippen LogP contribution >= 0.6 is 11.3 Å². The summed E-state index contributed by atoms with van der Waals surface area (Å²) in [5, 5.41) is 4.57. The number of nitrogens with zero attached hydrogens (tertiary/aromatic N) is 2. The second-order valence-corrected chi connectivity index (χ2v) is 13.9. The summed E-state index contributed by atoms with van der Waals surface area (Å²) in [5.41, 5.74) is 6.23. The number of carbonyl (C=O) groups excluding carboxylic acids is 2. The molecule has 0 spiro atoms. The molecular formula is C38H62N4O3S. The zero-order chi connectivity index (χ0) is 33.7. The van der Waals surface area contributed by atoms with Gasteiger partial charge in [-0.15, -0.1) is 11.3 Å². The summed E-state index contributed by atoms with van der Waals surface area (Å²) in [6.07, 6.45) is 11.4. The highest BCUT2D eigenvalue weighted by atomic mass is 32.1. The Kier molecular flexibility index (Phi) is 19.4. The second-order valence-electron chi connectivity index (χ2n) is 12.9. The first-order chi connectivity index (χ1) is 22.2. The van der Waals surface area contributed by atoms with Gasteiger partial charge < -0.3 is 25.6 Å². The topological polar surface area (TPSA) is 87.9 Å². The number of rotatable bonds is 14. The van der Waals surface area contributed by atoms with E-state index in [9.17, 15) is 9.59 Å². The molecular weight excluding hydrogens is 593 g/mol. The van der Waals surface area contributed by atoms with Gasteiger partial charge in [0, 0.05) is 37.0 Å². The van der Waals surface area contributed by atoms with Gasteiger partial charge in [0.05, 0.1) is 6.54 Å². The van der Waals surface area contributed by atoms with Crippen molar-refractivity contribution in [1.82, 2.24) is 15.1 Å². The van der Waals surface area contributed by atoms with Gasteiger partial charge in [-0.05, 0) is 67.7 Å². The summed E-state index contributed by atoms with van der Waals surface area (Å²) in [7, 11) is 0. The number of nitrogens with two attached hydrogens (primary N) is 1. The number of ether oxygens (including phenoxy) is 1. The van der Waals surface area contributed by atoms with E-state index in [-0.39, 0.29) is 12.1 Å². The van der Waals surface area contributed by atoms with Crippen molar-refractivity contribution in [2.24, 2.45) is 23.5 Å². The van der Waals surface area contributed by atoms with Crippen molar-refractivity contribution in [2.45, 2.75) is 111 Å². The standard InChI is InChI=1S/C29H46N2O2.C6H7NOS.C3H9N/c1-6-22(2)24(4)29(27-15-11-8-12-16-27)33-25(5)30-19-20-31(23(3)21-30)28(32)18-17-26-13-9-7-10-14-26;8-5-7-4-6-2-1-3-9-6;1-2-3-4/h8,11-12,15-16,22-24,26,29H,5-7,9-10,13-14,17-21H2,1-4H3;1-3,5H,4H2,(H,7,8);2-4H2,1H3. The first-order valence-electron chi connectivity index (χ1n) is 17.6. The number of carbonyl (C=O) groups is 2. The molecule has 1 aromatic heterocycles. The molecule has 4 unspecified atom stereocenters. The van der Waals surface area contributed by atoms with E-state index in [4.69, 9.17) is 10.5 Å². The summed E-state index contributed by atoms with van der Waals surface area (Å²) >= 11 is 1.64. The average molecular weight is 655 g/mol. The first kappa shape index (κ1) is 39.3. The first-order valence-corrected chi connectivity index (χ1v) is 18.5. The normalized spacial score (nSPS) is 18.5. The Morgan fingerprint density at radius 3 is 2.37 bits per heavy atom. The van der Waals surface area contributed by atoms with E-state index >= 15 is 0 Å². The number of nitrogens with one attached hydrogen (secondary N) is 1. The van der Waals surface area contributed by atoms with Gasteiger partial charge in [0.2, 0.25) is 12.3 Å². The zero-order valence-corrected chi connectivity index (χ0v) is 30.1. The van der Waals surface area contributed by atoms with Crippen LogP contribution in [0.15, 0.2) is 60.3 Å². The molecule has 2 fully saturated rings. The summed E-state index contributed by atoms with van der Waals surface area (Å²) in [4.78, 5) is 28.2. The molecule has 2 heterocycles. The zero-order valence-electron chi connectivity index (χ0n) is 29.3. The van der Waals surface area contributed by atoms with E-state index in [1.54, 1.807) is 11.3 Å². The minimum absolute atomic E-state index is 0.0147. The maximum absolute atomic E-state index is 12.9. The van der Waals surface area contributed by atoms with Crippen LogP contribution in [0.2, 0.25) is 0 Å². The van der Waals surface area contributed by atoms with Crippen molar-refractivity contribution in [3.63, 3.8) is 0 Å². The third-order valence-electron chi connectivity index (χ3n) is 9.43. The van der Waals surface area contributed by atoms with Gasteiger partial charge in [-0.1, -0.05) is 103 Å². The molecule has 2 aromatic rings. The van der Waals surface area contributed by atoms with Crippen LogP contribution in [-0.2, 0) is 20.9 Å². The van der Waals surface area contributed by atoms with E-state index in [0.717, 1.165) is 57.2 Å². The fourth-order valence-electron chi connectivity index (χ4n) is 6.07. The van der Waals surface area contributed by atoms with Gasteiger partial charge >= 0.3 is 0 Å². The Labute approximate surface area is 284 Å². The molecule has 1 aromatic carbocycles. The molecule has 1 aliphatic heterocycles. The minimum atomic E-state index is -0.0147. The molecule has 0 bridgehead atoms. The summed E-state index contributed by atoms with van der Waals surface area (Å²) in [6.45, 7) is 19.2. The van der Waals surface area contributed by atoms with Gasteiger partial charge in [0.15, 0.2) is 5.88 Å². The Balaban J connectivity index is 0.000000471. The summed E-state index contributed by atoms with van der Waals surface area (Å²) < 4.78 is 6.56. The molecule has 7 nitrogen and oxygen atoms in total. The molecule has 1 saturated heterocycles. The van der Waals surface area contributed by atoms with Crippen LogP contribution in [0.4, 0.5) is 0 Å². The van der Waals surface area contributed by atoms with Gasteiger partial charge in [-0.3, -0.25) is 9.59 Å². The van der Waals surface area contributed by atoms with Crippen LogP contribution in [-0.4, -0.2) is 54.3 Å². The summed E-state index contributed by atoms with van der Waals surface area (Å²) in [5.74, 6) is 2.76. The molecule has 3 N–H and O–H groups in total. The smallest absolute Gasteiger partial charge is 0.222 e. The predicted octanol–water partition coefficient (Wildman–Crippen LogP) is 8.14. The lowest BCUT2D eigenvalue weighted by molar-refractivity contribution is -0.136. The van der Waals surface area contributed by atoms with E-state index in [1.165, 1.54) is 42.5 Å². The molecule has 1 aliphatic carbocycles. The predicted molar refractivity (Wildman–Crippen MR) is 193 cm³/mol. The maximum Gasteiger partial charge on any atom is 0.222 e. The Morgan fingerprint density at radius 2 is 1.80 bits per heavy atom. The molecule has 0 radical (unpaired) electrons. The quantitative estimate of drug-likeness (QED) is 0.159. The van der Waals surface area contributed by atoms with E-state index in [1.807, 2.05) is 17.5 Å². The highest BCUT2D eigenvalue weighted by Gasteiger charge is 2.31. The van der Waals surface area contributed by atoms with Crippen molar-refractivity contribution >= 4 is 23.7 Å². The third-order valence-corrected chi connectivity index (χ3v) is 10.3. The van der Waals surface area contributed by atoms with E-state index < -0.39 is 0 Å². The van der Waals surface area contributed by atoms with E-state index in [2.05, 4.69) is 86.6 Å². The van der Waals surface area contributed by atoms with Crippen molar-refractivity contribution in [2.75, 3.05) is 26.2 Å². The largest absolute Gasteiger partial charge is 0.471 e. The van der Waals surface area contributed by atoms with Crippen LogP contribution < -0.4 is 11.1 Å². The molecule has 4 rings (SSSR count). The number of amides is 2. The molecule has 2 aliphatic rings. The van der Waals surface area contributed by atoms with Crippen LogP contribution in [0.1, 0.15) is 109 Å². The lowest BCUT2D eigenvalue weighted by Gasteiger charge is -2.42. The fourth-order valence-corrected chi connectivity index (χ4v) is 6.73.